The predicted octanol–water partition coefficient (Wildman–Crippen LogP) is 5.24. The highest BCUT2D eigenvalue weighted by Crippen LogP contribution is 2.31. The molecule has 0 aliphatic carbocycles. The molecule has 0 saturated carbocycles. The van der Waals surface area contributed by atoms with Gasteiger partial charge in [-0.2, -0.15) is 0 Å². The quantitative estimate of drug-likeness (QED) is 0.788. The summed E-state index contributed by atoms with van der Waals surface area (Å²) in [5.74, 6) is -0.202. The van der Waals surface area contributed by atoms with Crippen LogP contribution < -0.4 is 5.32 Å². The van der Waals surface area contributed by atoms with E-state index in [9.17, 15) is 4.39 Å². The molecule has 0 unspecified atom stereocenters. The van der Waals surface area contributed by atoms with Gasteiger partial charge in [-0.15, -0.1) is 0 Å². The zero-order chi connectivity index (χ0) is 14.5. The molecular formula is C16H17BrFNS. The van der Waals surface area contributed by atoms with E-state index in [1.54, 1.807) is 23.9 Å². The molecule has 0 saturated heterocycles. The third kappa shape index (κ3) is 4.62. The highest BCUT2D eigenvalue weighted by molar-refractivity contribution is 9.10. The average Bonchev–Trinajstić information content (AvgIpc) is 2.37. The molecule has 0 bridgehead atoms. The fourth-order valence-corrected chi connectivity index (χ4v) is 3.29. The lowest BCUT2D eigenvalue weighted by atomic mass is 10.2. The Morgan fingerprint density at radius 2 is 1.90 bits per heavy atom. The maximum atomic E-state index is 13.2. The predicted molar refractivity (Wildman–Crippen MR) is 86.6 cm³/mol. The van der Waals surface area contributed by atoms with Gasteiger partial charge < -0.3 is 5.32 Å². The van der Waals surface area contributed by atoms with Crippen molar-refractivity contribution in [2.45, 2.75) is 36.2 Å². The molecular weight excluding hydrogens is 337 g/mol. The van der Waals surface area contributed by atoms with E-state index in [4.69, 9.17) is 0 Å². The Hall–Kier alpha value is -0.840. The summed E-state index contributed by atoms with van der Waals surface area (Å²) in [7, 11) is 0. The van der Waals surface area contributed by atoms with Crippen LogP contribution in [0.2, 0.25) is 0 Å². The molecule has 20 heavy (non-hydrogen) atoms. The van der Waals surface area contributed by atoms with Crippen molar-refractivity contribution in [3.05, 3.63) is 58.3 Å². The molecule has 106 valence electrons. The van der Waals surface area contributed by atoms with Gasteiger partial charge in [0.15, 0.2) is 0 Å². The SMILES string of the molecule is CC(C)NCc1ccc(Sc2cccc(F)c2)cc1Br. The smallest absolute Gasteiger partial charge is 0.124 e. The van der Waals surface area contributed by atoms with Gasteiger partial charge in [0.05, 0.1) is 0 Å². The minimum atomic E-state index is -0.202. The molecule has 0 spiro atoms. The molecule has 2 rings (SSSR count). The van der Waals surface area contributed by atoms with Crippen molar-refractivity contribution < 1.29 is 4.39 Å². The van der Waals surface area contributed by atoms with E-state index < -0.39 is 0 Å². The maximum absolute atomic E-state index is 13.2. The molecule has 4 heteroatoms. The Bertz CT molecular complexity index is 586. The molecule has 1 N–H and O–H groups in total. The van der Waals surface area contributed by atoms with Gasteiger partial charge in [-0.25, -0.2) is 4.39 Å². The Morgan fingerprint density at radius 1 is 1.15 bits per heavy atom. The van der Waals surface area contributed by atoms with Crippen LogP contribution in [-0.2, 0) is 6.54 Å². The second kappa shape index (κ2) is 7.25. The molecule has 0 radical (unpaired) electrons. The second-order valence-electron chi connectivity index (χ2n) is 4.85. The van der Waals surface area contributed by atoms with Crippen molar-refractivity contribution in [3.8, 4) is 0 Å². The summed E-state index contributed by atoms with van der Waals surface area (Å²) < 4.78 is 14.2. The fraction of sp³-hybridized carbons (Fsp3) is 0.250. The number of hydrogen-bond donors (Lipinski definition) is 1. The lowest BCUT2D eigenvalue weighted by Crippen LogP contribution is -2.21. The normalized spacial score (nSPS) is 11.1. The topological polar surface area (TPSA) is 12.0 Å². The zero-order valence-electron chi connectivity index (χ0n) is 11.5. The van der Waals surface area contributed by atoms with Crippen LogP contribution in [0.4, 0.5) is 4.39 Å². The molecule has 0 fully saturated rings. The van der Waals surface area contributed by atoms with Crippen molar-refractivity contribution in [1.29, 1.82) is 0 Å². The average molecular weight is 354 g/mol. The van der Waals surface area contributed by atoms with Gasteiger partial charge in [0.25, 0.3) is 0 Å². The lowest BCUT2D eigenvalue weighted by molar-refractivity contribution is 0.587. The van der Waals surface area contributed by atoms with E-state index in [0.717, 1.165) is 20.8 Å². The largest absolute Gasteiger partial charge is 0.310 e. The van der Waals surface area contributed by atoms with Gasteiger partial charge in [-0.05, 0) is 35.9 Å². The van der Waals surface area contributed by atoms with Crippen molar-refractivity contribution in [1.82, 2.24) is 5.32 Å². The first-order valence-electron chi connectivity index (χ1n) is 6.50. The van der Waals surface area contributed by atoms with Crippen LogP contribution >= 0.6 is 27.7 Å². The highest BCUT2D eigenvalue weighted by atomic mass is 79.9. The molecule has 0 heterocycles. The van der Waals surface area contributed by atoms with E-state index in [1.807, 2.05) is 6.07 Å². The first kappa shape index (κ1) is 15.5. The molecule has 0 aromatic heterocycles. The Morgan fingerprint density at radius 3 is 2.55 bits per heavy atom. The summed E-state index contributed by atoms with van der Waals surface area (Å²) in [4.78, 5) is 2.00. The fourth-order valence-electron chi connectivity index (χ4n) is 1.72. The maximum Gasteiger partial charge on any atom is 0.124 e. The number of nitrogens with one attached hydrogen (secondary N) is 1. The minimum Gasteiger partial charge on any atom is -0.310 e. The molecule has 1 nitrogen and oxygen atoms in total. The minimum absolute atomic E-state index is 0.202. The summed E-state index contributed by atoms with van der Waals surface area (Å²) in [6.45, 7) is 5.09. The van der Waals surface area contributed by atoms with Crippen molar-refractivity contribution >= 4 is 27.7 Å². The van der Waals surface area contributed by atoms with Crippen LogP contribution in [0.25, 0.3) is 0 Å². The van der Waals surface area contributed by atoms with Gasteiger partial charge in [-0.1, -0.05) is 53.7 Å². The third-order valence-electron chi connectivity index (χ3n) is 2.76. The summed E-state index contributed by atoms with van der Waals surface area (Å²) in [5.41, 5.74) is 1.22. The Labute approximate surface area is 132 Å². The van der Waals surface area contributed by atoms with E-state index in [-0.39, 0.29) is 5.82 Å². The molecule has 0 aliphatic heterocycles. The van der Waals surface area contributed by atoms with Gasteiger partial charge in [-0.3, -0.25) is 0 Å². The van der Waals surface area contributed by atoms with Crippen LogP contribution in [0.1, 0.15) is 19.4 Å². The third-order valence-corrected chi connectivity index (χ3v) is 4.47. The van der Waals surface area contributed by atoms with Gasteiger partial charge in [0.1, 0.15) is 5.82 Å². The zero-order valence-corrected chi connectivity index (χ0v) is 13.9. The number of halogens is 2. The molecule has 0 atom stereocenters. The molecule has 2 aromatic rings. The number of benzene rings is 2. The van der Waals surface area contributed by atoms with Crippen LogP contribution in [0, 0.1) is 5.82 Å². The van der Waals surface area contributed by atoms with E-state index in [0.29, 0.717) is 6.04 Å². The Balaban J connectivity index is 2.09. The second-order valence-corrected chi connectivity index (χ2v) is 6.85. The van der Waals surface area contributed by atoms with E-state index in [1.165, 1.54) is 11.6 Å². The summed E-state index contributed by atoms with van der Waals surface area (Å²) in [6.07, 6.45) is 0. The van der Waals surface area contributed by atoms with Crippen LogP contribution in [-0.4, -0.2) is 6.04 Å². The summed E-state index contributed by atoms with van der Waals surface area (Å²) in [6, 6.07) is 13.4. The first-order valence-corrected chi connectivity index (χ1v) is 8.11. The van der Waals surface area contributed by atoms with Gasteiger partial charge in [0, 0.05) is 26.9 Å². The van der Waals surface area contributed by atoms with Crippen LogP contribution in [0.15, 0.2) is 56.7 Å². The van der Waals surface area contributed by atoms with Gasteiger partial charge >= 0.3 is 0 Å². The number of rotatable bonds is 5. The standard InChI is InChI=1S/C16H17BrFNS/c1-11(2)19-10-12-6-7-15(9-16(12)17)20-14-5-3-4-13(18)8-14/h3-9,11,19H,10H2,1-2H3. The van der Waals surface area contributed by atoms with E-state index >= 15 is 0 Å². The lowest BCUT2D eigenvalue weighted by Gasteiger charge is -2.11. The van der Waals surface area contributed by atoms with Crippen molar-refractivity contribution in [2.24, 2.45) is 0 Å². The number of hydrogen-bond acceptors (Lipinski definition) is 2. The monoisotopic (exact) mass is 353 g/mol. The highest BCUT2D eigenvalue weighted by Gasteiger charge is 2.04. The van der Waals surface area contributed by atoms with E-state index in [2.05, 4.69) is 53.3 Å². The van der Waals surface area contributed by atoms with Crippen molar-refractivity contribution in [3.63, 3.8) is 0 Å². The summed E-state index contributed by atoms with van der Waals surface area (Å²) in [5, 5.41) is 3.39. The van der Waals surface area contributed by atoms with Crippen LogP contribution in [0.5, 0.6) is 0 Å². The molecule has 0 aliphatic rings. The molecule has 0 amide bonds. The van der Waals surface area contributed by atoms with Crippen molar-refractivity contribution in [2.75, 3.05) is 0 Å². The van der Waals surface area contributed by atoms with Crippen LogP contribution in [0.3, 0.4) is 0 Å². The molecule has 2 aromatic carbocycles. The Kier molecular flexibility index (Phi) is 5.64. The summed E-state index contributed by atoms with van der Waals surface area (Å²) >= 11 is 5.16. The first-order chi connectivity index (χ1) is 9.54. The van der Waals surface area contributed by atoms with Gasteiger partial charge in [0.2, 0.25) is 0 Å².